The predicted molar refractivity (Wildman–Crippen MR) is 112 cm³/mol. The number of pyridine rings is 1. The molecule has 0 amide bonds. The molecule has 0 spiro atoms. The van der Waals surface area contributed by atoms with E-state index in [1.54, 1.807) is 6.33 Å². The molecule has 1 aromatic carbocycles. The molecule has 1 saturated carbocycles. The highest BCUT2D eigenvalue weighted by Gasteiger charge is 2.12. The molecule has 2 N–H and O–H groups in total. The summed E-state index contributed by atoms with van der Waals surface area (Å²) in [5, 5.41) is 3.60. The van der Waals surface area contributed by atoms with Crippen LogP contribution < -0.4 is 5.32 Å². The summed E-state index contributed by atoms with van der Waals surface area (Å²) in [7, 11) is 0. The van der Waals surface area contributed by atoms with Crippen LogP contribution in [0.5, 0.6) is 0 Å². The predicted octanol–water partition coefficient (Wildman–Crippen LogP) is 5.14. The Morgan fingerprint density at radius 2 is 1.85 bits per heavy atom. The van der Waals surface area contributed by atoms with Crippen LogP contribution >= 0.6 is 24.8 Å². The third-order valence-electron chi connectivity index (χ3n) is 5.03. The van der Waals surface area contributed by atoms with E-state index in [-0.39, 0.29) is 24.8 Å². The number of nitrogens with zero attached hydrogens (tertiary/aromatic N) is 2. The van der Waals surface area contributed by atoms with Gasteiger partial charge in [0.15, 0.2) is 0 Å². The first-order chi connectivity index (χ1) is 11.9. The summed E-state index contributed by atoms with van der Waals surface area (Å²) in [4.78, 5) is 12.0. The summed E-state index contributed by atoms with van der Waals surface area (Å²) in [6, 6.07) is 10.5. The van der Waals surface area contributed by atoms with Gasteiger partial charge in [0.2, 0.25) is 0 Å². The Morgan fingerprint density at radius 3 is 2.62 bits per heavy atom. The number of aromatic amines is 1. The molecule has 0 bridgehead atoms. The molecule has 140 valence electrons. The largest absolute Gasteiger partial charge is 0.345 e. The lowest BCUT2D eigenvalue weighted by Gasteiger charge is -2.21. The Kier molecular flexibility index (Phi) is 7.88. The highest BCUT2D eigenvalue weighted by molar-refractivity contribution is 5.85. The lowest BCUT2D eigenvalue weighted by Crippen LogP contribution is -2.24. The summed E-state index contributed by atoms with van der Waals surface area (Å²) in [6.07, 6.45) is 10.7. The number of halogens is 2. The van der Waals surface area contributed by atoms with Gasteiger partial charge in [-0.05, 0) is 49.1 Å². The summed E-state index contributed by atoms with van der Waals surface area (Å²) in [6.45, 7) is 2.04. The van der Waals surface area contributed by atoms with E-state index >= 15 is 0 Å². The molecule has 1 fully saturated rings. The molecule has 0 aliphatic heterocycles. The Balaban J connectivity index is 0.00000121. The molecule has 1 aliphatic carbocycles. The Hall–Kier alpha value is -1.62. The Labute approximate surface area is 167 Å². The highest BCUT2D eigenvalue weighted by Crippen LogP contribution is 2.23. The minimum absolute atomic E-state index is 0. The lowest BCUT2D eigenvalue weighted by molar-refractivity contribution is 0.342. The first-order valence-corrected chi connectivity index (χ1v) is 8.98. The number of hydrogen-bond acceptors (Lipinski definition) is 3. The van der Waals surface area contributed by atoms with Gasteiger partial charge in [0.05, 0.1) is 23.1 Å². The average Bonchev–Trinajstić information content (AvgIpc) is 3.11. The summed E-state index contributed by atoms with van der Waals surface area (Å²) >= 11 is 0. The van der Waals surface area contributed by atoms with E-state index < -0.39 is 0 Å². The van der Waals surface area contributed by atoms with Crippen LogP contribution in [0.2, 0.25) is 0 Å². The van der Waals surface area contributed by atoms with Gasteiger partial charge < -0.3 is 10.3 Å². The van der Waals surface area contributed by atoms with Gasteiger partial charge in [-0.1, -0.05) is 31.4 Å². The molecule has 2 aromatic heterocycles. The molecule has 4 nitrogen and oxygen atoms in total. The van der Waals surface area contributed by atoms with Crippen LogP contribution in [0.3, 0.4) is 0 Å². The number of rotatable bonds is 5. The summed E-state index contributed by atoms with van der Waals surface area (Å²) in [5.74, 6) is 0.868. The molecule has 0 saturated heterocycles. The molecular weight excluding hydrogens is 367 g/mol. The molecule has 26 heavy (non-hydrogen) atoms. The second-order valence-corrected chi connectivity index (χ2v) is 6.82. The maximum atomic E-state index is 4.63. The monoisotopic (exact) mass is 392 g/mol. The smallest absolute Gasteiger partial charge is 0.0931 e. The minimum atomic E-state index is 0. The van der Waals surface area contributed by atoms with Gasteiger partial charge in [-0.3, -0.25) is 4.98 Å². The summed E-state index contributed by atoms with van der Waals surface area (Å²) in [5.41, 5.74) is 5.41. The maximum absolute atomic E-state index is 4.63. The van der Waals surface area contributed by atoms with Gasteiger partial charge in [-0.25, -0.2) is 4.98 Å². The molecule has 3 aromatic rings. The van der Waals surface area contributed by atoms with Crippen molar-refractivity contribution in [1.82, 2.24) is 20.3 Å². The number of aromatic nitrogens is 3. The van der Waals surface area contributed by atoms with Crippen LogP contribution in [0.1, 0.15) is 37.7 Å². The van der Waals surface area contributed by atoms with E-state index in [4.69, 9.17) is 0 Å². The minimum Gasteiger partial charge on any atom is -0.345 e. The van der Waals surface area contributed by atoms with Crippen LogP contribution in [0.25, 0.3) is 22.3 Å². The Morgan fingerprint density at radius 1 is 1.00 bits per heavy atom. The van der Waals surface area contributed by atoms with E-state index in [0.717, 1.165) is 41.3 Å². The van der Waals surface area contributed by atoms with Crippen molar-refractivity contribution in [2.75, 3.05) is 6.54 Å². The van der Waals surface area contributed by atoms with Crippen LogP contribution in [0, 0.1) is 5.92 Å². The van der Waals surface area contributed by atoms with Gasteiger partial charge in [-0.2, -0.15) is 0 Å². The molecular formula is C20H26Cl2N4. The maximum Gasteiger partial charge on any atom is 0.0931 e. The van der Waals surface area contributed by atoms with Crippen molar-refractivity contribution in [2.24, 2.45) is 5.92 Å². The quantitative estimate of drug-likeness (QED) is 0.631. The number of nitrogens with one attached hydrogen (secondary N) is 2. The third-order valence-corrected chi connectivity index (χ3v) is 5.03. The topological polar surface area (TPSA) is 53.6 Å². The average molecular weight is 393 g/mol. The molecule has 6 heteroatoms. The van der Waals surface area contributed by atoms with Crippen molar-refractivity contribution in [3.63, 3.8) is 0 Å². The first-order valence-electron chi connectivity index (χ1n) is 8.98. The van der Waals surface area contributed by atoms with E-state index in [1.165, 1.54) is 37.7 Å². The number of imidazole rings is 1. The van der Waals surface area contributed by atoms with Crippen molar-refractivity contribution in [1.29, 1.82) is 0 Å². The highest BCUT2D eigenvalue weighted by atomic mass is 35.5. The summed E-state index contributed by atoms with van der Waals surface area (Å²) < 4.78 is 0. The third kappa shape index (κ3) is 4.97. The zero-order chi connectivity index (χ0) is 16.2. The van der Waals surface area contributed by atoms with Gasteiger partial charge in [0.1, 0.15) is 0 Å². The van der Waals surface area contributed by atoms with Crippen LogP contribution in [-0.2, 0) is 6.54 Å². The van der Waals surface area contributed by atoms with Gasteiger partial charge in [0, 0.05) is 18.3 Å². The normalized spacial score (nSPS) is 14.6. The van der Waals surface area contributed by atoms with Crippen molar-refractivity contribution in [3.8, 4) is 11.3 Å². The number of hydrogen-bond donors (Lipinski definition) is 2. The number of fused-ring (bicyclic) bond motifs is 1. The second kappa shape index (κ2) is 9.91. The van der Waals surface area contributed by atoms with Crippen molar-refractivity contribution < 1.29 is 0 Å². The van der Waals surface area contributed by atoms with Gasteiger partial charge in [-0.15, -0.1) is 24.8 Å². The first kappa shape index (κ1) is 20.7. The molecule has 1 aliphatic rings. The fourth-order valence-corrected chi connectivity index (χ4v) is 3.61. The van der Waals surface area contributed by atoms with Crippen molar-refractivity contribution in [3.05, 3.63) is 48.4 Å². The molecule has 0 radical (unpaired) electrons. The zero-order valence-corrected chi connectivity index (χ0v) is 16.4. The van der Waals surface area contributed by atoms with E-state index in [1.807, 2.05) is 12.3 Å². The van der Waals surface area contributed by atoms with Crippen molar-refractivity contribution >= 4 is 35.8 Å². The number of benzene rings is 1. The SMILES string of the molecule is Cl.Cl.c1nc2ccc(-c3ccc(CNCC4CCCCC4)cn3)cc2[nH]1. The molecule has 0 atom stereocenters. The van der Waals surface area contributed by atoms with Gasteiger partial charge in [0.25, 0.3) is 0 Å². The van der Waals surface area contributed by atoms with E-state index in [2.05, 4.69) is 44.5 Å². The van der Waals surface area contributed by atoms with Crippen LogP contribution in [0.15, 0.2) is 42.9 Å². The second-order valence-electron chi connectivity index (χ2n) is 6.82. The standard InChI is InChI=1S/C20H24N4.2ClH/c1-2-4-15(5-3-1)11-21-12-16-6-8-18(22-13-16)17-7-9-19-20(10-17)24-14-23-19;;/h6-10,13-15,21H,1-5,11-12H2,(H,23,24);2*1H. The molecule has 4 rings (SSSR count). The van der Waals surface area contributed by atoms with Crippen LogP contribution in [-0.4, -0.2) is 21.5 Å². The zero-order valence-electron chi connectivity index (χ0n) is 14.8. The van der Waals surface area contributed by atoms with E-state index in [9.17, 15) is 0 Å². The Bertz CT molecular complexity index is 795. The van der Waals surface area contributed by atoms with Crippen molar-refractivity contribution in [2.45, 2.75) is 38.6 Å². The fourth-order valence-electron chi connectivity index (χ4n) is 3.61. The van der Waals surface area contributed by atoms with Gasteiger partial charge >= 0.3 is 0 Å². The number of H-pyrrole nitrogens is 1. The van der Waals surface area contributed by atoms with Crippen LogP contribution in [0.4, 0.5) is 0 Å². The lowest BCUT2D eigenvalue weighted by atomic mass is 9.89. The molecule has 0 unspecified atom stereocenters. The van der Waals surface area contributed by atoms with E-state index in [0.29, 0.717) is 0 Å². The molecule has 2 heterocycles. The fraction of sp³-hybridized carbons (Fsp3) is 0.400.